The third-order valence-corrected chi connectivity index (χ3v) is 5.78. The first-order valence-corrected chi connectivity index (χ1v) is 9.78. The Kier molecular flexibility index (Phi) is 6.03. The van der Waals surface area contributed by atoms with Crippen LogP contribution < -0.4 is 10.2 Å². The van der Waals surface area contributed by atoms with Gasteiger partial charge in [-0.15, -0.1) is 0 Å². The number of aromatic nitrogens is 1. The number of carbonyl (C=O) groups is 1. The van der Waals surface area contributed by atoms with Gasteiger partial charge in [0.1, 0.15) is 18.5 Å². The Hall–Kier alpha value is -1.70. The lowest BCUT2D eigenvalue weighted by atomic mass is 9.73. The number of ether oxygens (including phenoxy) is 2. The Bertz CT molecular complexity index is 660. The van der Waals surface area contributed by atoms with Crippen molar-refractivity contribution in [3.05, 3.63) is 23.9 Å². The van der Waals surface area contributed by atoms with Crippen LogP contribution in [0.15, 0.2) is 18.2 Å². The summed E-state index contributed by atoms with van der Waals surface area (Å²) < 4.78 is 11.3. The first-order valence-electron chi connectivity index (χ1n) is 9.78. The number of aryl methyl sites for hydroxylation is 1. The molecule has 150 valence electrons. The van der Waals surface area contributed by atoms with Crippen LogP contribution in [0.3, 0.4) is 0 Å². The third kappa shape index (κ3) is 4.25. The van der Waals surface area contributed by atoms with Gasteiger partial charge in [-0.1, -0.05) is 6.07 Å². The summed E-state index contributed by atoms with van der Waals surface area (Å²) in [5.74, 6) is 0.764. The number of anilines is 1. The molecular formula is C20H31N3O4. The van der Waals surface area contributed by atoms with E-state index in [1.807, 2.05) is 39.0 Å². The minimum Gasteiger partial charge on any atom is -0.388 e. The van der Waals surface area contributed by atoms with E-state index in [4.69, 9.17) is 9.47 Å². The van der Waals surface area contributed by atoms with E-state index < -0.39 is 17.2 Å². The van der Waals surface area contributed by atoms with Crippen molar-refractivity contribution in [2.24, 2.45) is 0 Å². The van der Waals surface area contributed by atoms with Crippen LogP contribution in [0, 0.1) is 6.92 Å². The van der Waals surface area contributed by atoms with Gasteiger partial charge in [0, 0.05) is 32.0 Å². The number of aliphatic hydroxyl groups is 1. The van der Waals surface area contributed by atoms with Crippen LogP contribution in [0.2, 0.25) is 0 Å². The van der Waals surface area contributed by atoms with E-state index in [0.717, 1.165) is 24.6 Å². The highest BCUT2D eigenvalue weighted by molar-refractivity contribution is 5.78. The van der Waals surface area contributed by atoms with Gasteiger partial charge in [-0.2, -0.15) is 0 Å². The monoisotopic (exact) mass is 377 g/mol. The number of pyridine rings is 1. The largest absolute Gasteiger partial charge is 0.388 e. The molecule has 0 radical (unpaired) electrons. The number of hydrogen-bond acceptors (Lipinski definition) is 6. The molecule has 0 bridgehead atoms. The quantitative estimate of drug-likeness (QED) is 0.808. The fraction of sp³-hybridized carbons (Fsp3) is 0.700. The summed E-state index contributed by atoms with van der Waals surface area (Å²) >= 11 is 0. The molecule has 2 fully saturated rings. The zero-order valence-electron chi connectivity index (χ0n) is 16.5. The number of amides is 1. The zero-order valence-corrected chi connectivity index (χ0v) is 16.5. The second-order valence-electron chi connectivity index (χ2n) is 7.79. The maximum atomic E-state index is 12.2. The molecule has 2 saturated heterocycles. The highest BCUT2D eigenvalue weighted by Gasteiger charge is 2.53. The highest BCUT2D eigenvalue weighted by Crippen LogP contribution is 2.40. The zero-order chi connectivity index (χ0) is 19.5. The molecule has 2 N–H and O–H groups in total. The minimum absolute atomic E-state index is 0.0134. The molecular weight excluding hydrogens is 346 g/mol. The molecule has 2 aliphatic heterocycles. The highest BCUT2D eigenvalue weighted by atomic mass is 16.5. The van der Waals surface area contributed by atoms with Crippen LogP contribution in [0.4, 0.5) is 5.82 Å². The van der Waals surface area contributed by atoms with Gasteiger partial charge in [0.15, 0.2) is 0 Å². The summed E-state index contributed by atoms with van der Waals surface area (Å²) in [6, 6.07) is 6.01. The number of nitrogens with zero attached hydrogens (tertiary/aromatic N) is 2. The fourth-order valence-corrected chi connectivity index (χ4v) is 4.18. The normalized spacial score (nSPS) is 27.6. The molecule has 3 rings (SSSR count). The Balaban J connectivity index is 1.67. The summed E-state index contributed by atoms with van der Waals surface area (Å²) in [4.78, 5) is 19.0. The smallest absolute Gasteiger partial charge is 0.246 e. The van der Waals surface area contributed by atoms with Gasteiger partial charge in [0.05, 0.1) is 11.1 Å². The van der Waals surface area contributed by atoms with Crippen molar-refractivity contribution in [3.8, 4) is 0 Å². The van der Waals surface area contributed by atoms with E-state index in [1.54, 1.807) is 0 Å². The predicted molar refractivity (Wildman–Crippen MR) is 103 cm³/mol. The van der Waals surface area contributed by atoms with Crippen LogP contribution in [-0.4, -0.2) is 66.2 Å². The van der Waals surface area contributed by atoms with Crippen molar-refractivity contribution in [1.29, 1.82) is 0 Å². The predicted octanol–water partition coefficient (Wildman–Crippen LogP) is 1.42. The molecule has 3 heterocycles. The Labute approximate surface area is 161 Å². The summed E-state index contributed by atoms with van der Waals surface area (Å²) in [5, 5.41) is 14.1. The molecule has 7 nitrogen and oxygen atoms in total. The lowest BCUT2D eigenvalue weighted by Gasteiger charge is -2.53. The second-order valence-corrected chi connectivity index (χ2v) is 7.79. The van der Waals surface area contributed by atoms with Crippen LogP contribution in [0.1, 0.15) is 38.8 Å². The van der Waals surface area contributed by atoms with Crippen molar-refractivity contribution >= 4 is 11.7 Å². The van der Waals surface area contributed by atoms with E-state index in [0.29, 0.717) is 32.5 Å². The van der Waals surface area contributed by atoms with Gasteiger partial charge in [-0.25, -0.2) is 4.98 Å². The van der Waals surface area contributed by atoms with E-state index in [-0.39, 0.29) is 12.5 Å². The van der Waals surface area contributed by atoms with Crippen molar-refractivity contribution in [2.75, 3.05) is 37.8 Å². The summed E-state index contributed by atoms with van der Waals surface area (Å²) in [7, 11) is 0. The fourth-order valence-electron chi connectivity index (χ4n) is 4.18. The Morgan fingerprint density at radius 3 is 2.81 bits per heavy atom. The summed E-state index contributed by atoms with van der Waals surface area (Å²) in [6.45, 7) is 8.28. The van der Waals surface area contributed by atoms with Gasteiger partial charge in [0.25, 0.3) is 0 Å². The van der Waals surface area contributed by atoms with E-state index >= 15 is 0 Å². The van der Waals surface area contributed by atoms with Crippen LogP contribution in [0.25, 0.3) is 0 Å². The van der Waals surface area contributed by atoms with Gasteiger partial charge in [-0.05, 0) is 52.2 Å². The Morgan fingerprint density at radius 1 is 1.41 bits per heavy atom. The molecule has 2 aliphatic rings. The molecule has 1 amide bonds. The summed E-state index contributed by atoms with van der Waals surface area (Å²) in [5.41, 5.74) is -0.353. The van der Waals surface area contributed by atoms with Gasteiger partial charge in [-0.3, -0.25) is 4.79 Å². The standard InChI is InChI=1S/C20H31N3O4/c1-4-26-14-17(24)22-19(3)10-13-27-20(18(19)25)8-11-23(12-9-20)16-7-5-6-15(2)21-16/h5-7,18,25H,4,8-14H2,1-3H3,(H,22,24)/t18-,19+/m1/s1. The van der Waals surface area contributed by atoms with E-state index in [2.05, 4.69) is 15.2 Å². The first-order chi connectivity index (χ1) is 12.9. The average Bonchev–Trinajstić information content (AvgIpc) is 2.65. The van der Waals surface area contributed by atoms with Crippen molar-refractivity contribution < 1.29 is 19.4 Å². The number of nitrogens with one attached hydrogen (secondary N) is 1. The van der Waals surface area contributed by atoms with Gasteiger partial charge in [0.2, 0.25) is 5.91 Å². The van der Waals surface area contributed by atoms with Crippen LogP contribution in [0.5, 0.6) is 0 Å². The molecule has 0 aliphatic carbocycles. The second kappa shape index (κ2) is 8.12. The lowest BCUT2D eigenvalue weighted by Crippen LogP contribution is -2.69. The molecule has 27 heavy (non-hydrogen) atoms. The molecule has 1 aromatic rings. The van der Waals surface area contributed by atoms with Crippen LogP contribution >= 0.6 is 0 Å². The van der Waals surface area contributed by atoms with Gasteiger partial charge >= 0.3 is 0 Å². The maximum absolute atomic E-state index is 12.2. The van der Waals surface area contributed by atoms with Crippen molar-refractivity contribution in [2.45, 2.75) is 57.3 Å². The minimum atomic E-state index is -0.767. The van der Waals surface area contributed by atoms with Gasteiger partial charge < -0.3 is 24.8 Å². The number of piperidine rings is 1. The topological polar surface area (TPSA) is 83.9 Å². The maximum Gasteiger partial charge on any atom is 0.246 e. The van der Waals surface area contributed by atoms with Crippen molar-refractivity contribution in [3.63, 3.8) is 0 Å². The lowest BCUT2D eigenvalue weighted by molar-refractivity contribution is -0.198. The first kappa shape index (κ1) is 20.0. The van der Waals surface area contributed by atoms with Crippen molar-refractivity contribution in [1.82, 2.24) is 10.3 Å². The molecule has 0 unspecified atom stereocenters. The van der Waals surface area contributed by atoms with E-state index in [9.17, 15) is 9.90 Å². The molecule has 2 atom stereocenters. The molecule has 0 saturated carbocycles. The molecule has 7 heteroatoms. The number of aliphatic hydroxyl groups excluding tert-OH is 1. The average molecular weight is 377 g/mol. The number of carbonyl (C=O) groups excluding carboxylic acids is 1. The molecule has 1 aromatic heterocycles. The third-order valence-electron chi connectivity index (χ3n) is 5.78. The molecule has 0 aromatic carbocycles. The molecule has 1 spiro atoms. The summed E-state index contributed by atoms with van der Waals surface area (Å²) in [6.07, 6.45) is 1.20. The number of hydrogen-bond donors (Lipinski definition) is 2. The van der Waals surface area contributed by atoms with Crippen LogP contribution in [-0.2, 0) is 14.3 Å². The Morgan fingerprint density at radius 2 is 2.15 bits per heavy atom. The number of rotatable bonds is 5. The van der Waals surface area contributed by atoms with E-state index in [1.165, 1.54) is 0 Å². The SMILES string of the molecule is CCOCC(=O)N[C@@]1(C)CCOC2(CCN(c3cccc(C)n3)CC2)[C@@H]1O.